The summed E-state index contributed by atoms with van der Waals surface area (Å²) >= 11 is 1.72. The second-order valence-corrected chi connectivity index (χ2v) is 9.02. The number of ether oxygens (including phenoxy) is 1. The molecule has 2 N–H and O–H groups in total. The summed E-state index contributed by atoms with van der Waals surface area (Å²) in [6.45, 7) is 6.20. The molecule has 0 aliphatic carbocycles. The fourth-order valence-corrected chi connectivity index (χ4v) is 4.87. The average Bonchev–Trinajstić information content (AvgIpc) is 2.82. The quantitative estimate of drug-likeness (QED) is 0.543. The van der Waals surface area contributed by atoms with Crippen molar-refractivity contribution in [1.29, 1.82) is 0 Å². The van der Waals surface area contributed by atoms with Crippen molar-refractivity contribution in [3.63, 3.8) is 0 Å². The zero-order valence-corrected chi connectivity index (χ0v) is 19.1. The number of aliphatic hydroxyl groups excluding tert-OH is 1. The van der Waals surface area contributed by atoms with E-state index in [2.05, 4.69) is 54.4 Å². The Kier molecular flexibility index (Phi) is 7.15. The average molecular weight is 449 g/mol. The molecule has 1 saturated heterocycles. The second kappa shape index (κ2) is 10.2. The number of anilines is 1. The van der Waals surface area contributed by atoms with E-state index in [4.69, 9.17) is 4.74 Å². The minimum atomic E-state index is -1.31. The fourth-order valence-electron chi connectivity index (χ4n) is 3.84. The molecule has 1 heterocycles. The number of hydrogen-bond donors (Lipinski definition) is 2. The molecule has 0 bridgehead atoms. The van der Waals surface area contributed by atoms with Crippen molar-refractivity contribution in [2.75, 3.05) is 24.5 Å². The summed E-state index contributed by atoms with van der Waals surface area (Å²) in [6.07, 6.45) is -1.81. The van der Waals surface area contributed by atoms with Crippen LogP contribution in [-0.4, -0.2) is 36.9 Å². The maximum absolute atomic E-state index is 12.7. The van der Waals surface area contributed by atoms with E-state index in [-0.39, 0.29) is 0 Å². The molecule has 1 unspecified atom stereocenters. The summed E-state index contributed by atoms with van der Waals surface area (Å²) in [5.74, 6) is -0.644. The first-order valence-electron chi connectivity index (χ1n) is 10.8. The van der Waals surface area contributed by atoms with Crippen LogP contribution >= 0.6 is 11.8 Å². The molecule has 3 aromatic rings. The predicted molar refractivity (Wildman–Crippen MR) is 128 cm³/mol. The van der Waals surface area contributed by atoms with Crippen LogP contribution in [0.15, 0.2) is 82.6 Å². The highest BCUT2D eigenvalue weighted by molar-refractivity contribution is 7.99. The minimum absolute atomic E-state index is 0.496. The first-order chi connectivity index (χ1) is 15.5. The first kappa shape index (κ1) is 22.4. The van der Waals surface area contributed by atoms with Crippen LogP contribution in [0.3, 0.4) is 0 Å². The van der Waals surface area contributed by atoms with Crippen LogP contribution in [0.25, 0.3) is 0 Å². The topological polar surface area (TPSA) is 61.8 Å². The van der Waals surface area contributed by atoms with Gasteiger partial charge in [-0.05, 0) is 43.2 Å². The fraction of sp³-hybridized carbons (Fsp3) is 0.269. The number of carbonyl (C=O) groups excluding carboxylic acids is 1. The van der Waals surface area contributed by atoms with Crippen LogP contribution in [0, 0.1) is 13.8 Å². The molecule has 3 aromatic carbocycles. The number of carbonyl (C=O) groups is 1. The number of para-hydroxylation sites is 1. The molecule has 4 rings (SSSR count). The molecule has 0 saturated carbocycles. The number of aliphatic hydroxyl groups is 1. The normalized spacial score (nSPS) is 17.1. The minimum Gasteiger partial charge on any atom is -0.438 e. The Labute approximate surface area is 193 Å². The van der Waals surface area contributed by atoms with Gasteiger partial charge in [-0.1, -0.05) is 71.9 Å². The molecule has 1 aliphatic heterocycles. The Morgan fingerprint density at radius 3 is 2.59 bits per heavy atom. The van der Waals surface area contributed by atoms with E-state index < -0.39 is 18.3 Å². The maximum Gasteiger partial charge on any atom is 0.341 e. The third-order valence-electron chi connectivity index (χ3n) is 5.51. The highest BCUT2D eigenvalue weighted by atomic mass is 32.2. The van der Waals surface area contributed by atoms with E-state index >= 15 is 0 Å². The van der Waals surface area contributed by atoms with Gasteiger partial charge in [0.2, 0.25) is 0 Å². The van der Waals surface area contributed by atoms with Crippen molar-refractivity contribution >= 4 is 23.4 Å². The van der Waals surface area contributed by atoms with Crippen molar-refractivity contribution in [3.8, 4) is 0 Å². The van der Waals surface area contributed by atoms with Gasteiger partial charge in [0.25, 0.3) is 0 Å². The van der Waals surface area contributed by atoms with Gasteiger partial charge < -0.3 is 20.1 Å². The van der Waals surface area contributed by atoms with Crippen LogP contribution in [0.2, 0.25) is 0 Å². The molecular weight excluding hydrogens is 420 g/mol. The molecule has 0 spiro atoms. The zero-order valence-electron chi connectivity index (χ0n) is 18.3. The van der Waals surface area contributed by atoms with Crippen molar-refractivity contribution in [2.45, 2.75) is 36.0 Å². The molecule has 6 heteroatoms. The van der Waals surface area contributed by atoms with Gasteiger partial charge in [0.15, 0.2) is 12.3 Å². The van der Waals surface area contributed by atoms with Gasteiger partial charge in [0, 0.05) is 22.9 Å². The molecule has 0 amide bonds. The standard InChI is InChI=1S/C26H28N2O3S/c1-18-12-13-22(19(2)16-18)32-23-11-7-6-10-21(23)28-15-14-27-17-24(28)31-26(30)25(29)20-8-4-3-5-9-20/h3-13,16,24-25,27,29H,14-15,17H2,1-2H3/t24?,25-/m1/s1. The van der Waals surface area contributed by atoms with Crippen LogP contribution in [0.1, 0.15) is 22.8 Å². The highest BCUT2D eigenvalue weighted by Gasteiger charge is 2.30. The zero-order chi connectivity index (χ0) is 22.5. The molecule has 1 fully saturated rings. The van der Waals surface area contributed by atoms with E-state index in [0.29, 0.717) is 18.7 Å². The van der Waals surface area contributed by atoms with Crippen molar-refractivity contribution in [1.82, 2.24) is 5.32 Å². The summed E-state index contributed by atoms with van der Waals surface area (Å²) in [7, 11) is 0. The molecule has 1 aliphatic rings. The van der Waals surface area contributed by atoms with E-state index in [9.17, 15) is 9.90 Å². The molecule has 166 valence electrons. The lowest BCUT2D eigenvalue weighted by Crippen LogP contribution is -2.53. The van der Waals surface area contributed by atoms with Crippen LogP contribution in [-0.2, 0) is 9.53 Å². The Hall–Kier alpha value is -2.80. The van der Waals surface area contributed by atoms with Crippen molar-refractivity contribution < 1.29 is 14.6 Å². The summed E-state index contributed by atoms with van der Waals surface area (Å²) in [4.78, 5) is 17.1. The predicted octanol–water partition coefficient (Wildman–Crippen LogP) is 4.47. The number of esters is 1. The Bertz CT molecular complexity index is 1070. The highest BCUT2D eigenvalue weighted by Crippen LogP contribution is 2.38. The molecule has 0 aromatic heterocycles. The molecular formula is C26H28N2O3S. The first-order valence-corrected chi connectivity index (χ1v) is 11.6. The van der Waals surface area contributed by atoms with E-state index in [1.54, 1.807) is 36.0 Å². The third kappa shape index (κ3) is 5.15. The molecule has 32 heavy (non-hydrogen) atoms. The number of benzene rings is 3. The van der Waals surface area contributed by atoms with Crippen LogP contribution in [0.4, 0.5) is 5.69 Å². The molecule has 2 atom stereocenters. The van der Waals surface area contributed by atoms with Crippen molar-refractivity contribution in [2.24, 2.45) is 0 Å². The number of nitrogens with zero attached hydrogens (tertiary/aromatic N) is 1. The Morgan fingerprint density at radius 2 is 1.81 bits per heavy atom. The SMILES string of the molecule is Cc1ccc(Sc2ccccc2N2CCNCC2OC(=O)[C@H](O)c2ccccc2)c(C)c1. The van der Waals surface area contributed by atoms with Gasteiger partial charge in [-0.3, -0.25) is 0 Å². The Morgan fingerprint density at radius 1 is 1.06 bits per heavy atom. The lowest BCUT2D eigenvalue weighted by atomic mass is 10.1. The Balaban J connectivity index is 1.56. The summed E-state index contributed by atoms with van der Waals surface area (Å²) in [5.41, 5.74) is 4.02. The third-order valence-corrected chi connectivity index (χ3v) is 6.75. The number of piperazine rings is 1. The van der Waals surface area contributed by atoms with Gasteiger partial charge in [-0.25, -0.2) is 4.79 Å². The number of nitrogens with one attached hydrogen (secondary N) is 1. The van der Waals surface area contributed by atoms with Gasteiger partial charge in [0.1, 0.15) is 0 Å². The number of aryl methyl sites for hydroxylation is 2. The molecule has 0 radical (unpaired) electrons. The van der Waals surface area contributed by atoms with Crippen LogP contribution in [0.5, 0.6) is 0 Å². The lowest BCUT2D eigenvalue weighted by molar-refractivity contribution is -0.159. The van der Waals surface area contributed by atoms with Crippen molar-refractivity contribution in [3.05, 3.63) is 89.5 Å². The second-order valence-electron chi connectivity index (χ2n) is 7.94. The van der Waals surface area contributed by atoms with E-state index in [1.165, 1.54) is 16.0 Å². The van der Waals surface area contributed by atoms with Crippen LogP contribution < -0.4 is 10.2 Å². The smallest absolute Gasteiger partial charge is 0.341 e. The number of rotatable bonds is 6. The van der Waals surface area contributed by atoms with Gasteiger partial charge in [-0.2, -0.15) is 0 Å². The van der Waals surface area contributed by atoms with E-state index in [0.717, 1.165) is 17.1 Å². The van der Waals surface area contributed by atoms with Gasteiger partial charge in [-0.15, -0.1) is 0 Å². The summed E-state index contributed by atoms with van der Waals surface area (Å²) < 4.78 is 5.78. The summed E-state index contributed by atoms with van der Waals surface area (Å²) in [5, 5.41) is 13.8. The molecule has 5 nitrogen and oxygen atoms in total. The van der Waals surface area contributed by atoms with E-state index in [1.807, 2.05) is 18.2 Å². The largest absolute Gasteiger partial charge is 0.438 e. The van der Waals surface area contributed by atoms with Gasteiger partial charge in [0.05, 0.1) is 12.2 Å². The lowest BCUT2D eigenvalue weighted by Gasteiger charge is -2.38. The summed E-state index contributed by atoms with van der Waals surface area (Å²) in [6, 6.07) is 23.5. The monoisotopic (exact) mass is 448 g/mol. The number of hydrogen-bond acceptors (Lipinski definition) is 6. The van der Waals surface area contributed by atoms with Gasteiger partial charge >= 0.3 is 5.97 Å². The maximum atomic E-state index is 12.7.